The van der Waals surface area contributed by atoms with Gasteiger partial charge in [-0.15, -0.1) is 0 Å². The molecule has 0 aliphatic rings. The third-order valence-corrected chi connectivity index (χ3v) is 3.89. The lowest BCUT2D eigenvalue weighted by atomic mass is 10.2. The second-order valence-electron chi connectivity index (χ2n) is 4.72. The van der Waals surface area contributed by atoms with Crippen molar-refractivity contribution < 1.29 is 22.5 Å². The van der Waals surface area contributed by atoms with Crippen LogP contribution in [0, 0.1) is 0 Å². The van der Waals surface area contributed by atoms with Crippen LogP contribution < -0.4 is 5.32 Å². The number of benzene rings is 1. The minimum Gasteiger partial charge on any atom is -0.461 e. The van der Waals surface area contributed by atoms with E-state index in [0.29, 0.717) is 29.0 Å². The number of nitrogens with zero attached hydrogens (tertiary/aromatic N) is 1. The van der Waals surface area contributed by atoms with E-state index in [-0.39, 0.29) is 17.0 Å². The van der Waals surface area contributed by atoms with E-state index >= 15 is 0 Å². The van der Waals surface area contributed by atoms with Gasteiger partial charge in [0.15, 0.2) is 5.76 Å². The molecule has 1 aromatic carbocycles. The molecule has 1 amide bonds. The van der Waals surface area contributed by atoms with Gasteiger partial charge >= 0.3 is 0 Å². The summed E-state index contributed by atoms with van der Waals surface area (Å²) in [4.78, 5) is 12.4. The first-order chi connectivity index (χ1) is 11.6. The van der Waals surface area contributed by atoms with E-state index in [0.717, 1.165) is 0 Å². The van der Waals surface area contributed by atoms with Crippen LogP contribution in [0.1, 0.15) is 16.1 Å². The van der Waals surface area contributed by atoms with E-state index in [1.165, 1.54) is 18.4 Å². The van der Waals surface area contributed by atoms with Crippen molar-refractivity contribution in [2.24, 2.45) is 0 Å². The van der Waals surface area contributed by atoms with Gasteiger partial charge in [-0.2, -0.15) is 8.78 Å². The molecule has 124 valence electrons. The zero-order valence-electron chi connectivity index (χ0n) is 12.2. The van der Waals surface area contributed by atoms with Gasteiger partial charge in [-0.1, -0.05) is 29.1 Å². The summed E-state index contributed by atoms with van der Waals surface area (Å²) in [5, 5.41) is 6.47. The van der Waals surface area contributed by atoms with Crippen LogP contribution >= 0.6 is 11.8 Å². The molecule has 3 rings (SSSR count). The second-order valence-corrected chi connectivity index (χ2v) is 5.75. The quantitative estimate of drug-likeness (QED) is 0.676. The van der Waals surface area contributed by atoms with Gasteiger partial charge < -0.3 is 14.3 Å². The highest BCUT2D eigenvalue weighted by Crippen LogP contribution is 2.28. The molecule has 0 radical (unpaired) electrons. The number of carbonyl (C=O) groups excluding carboxylic acids is 1. The molecule has 8 heteroatoms. The van der Waals surface area contributed by atoms with Crippen LogP contribution in [0.4, 0.5) is 8.78 Å². The predicted octanol–water partition coefficient (Wildman–Crippen LogP) is 4.18. The van der Waals surface area contributed by atoms with Gasteiger partial charge in [-0.05, 0) is 24.3 Å². The van der Waals surface area contributed by atoms with Crippen molar-refractivity contribution in [2.45, 2.75) is 17.2 Å². The minimum absolute atomic E-state index is 0.108. The number of amides is 1. The number of furan rings is 1. The number of aromatic nitrogens is 1. The van der Waals surface area contributed by atoms with Gasteiger partial charge in [0.25, 0.3) is 11.7 Å². The third kappa shape index (κ3) is 3.83. The SMILES string of the molecule is O=C(NCc1cc(-c2ccco2)on1)c1ccccc1SC(F)F. The Hall–Kier alpha value is -2.61. The molecule has 0 saturated heterocycles. The van der Waals surface area contributed by atoms with Crippen molar-refractivity contribution in [3.05, 3.63) is 60.0 Å². The van der Waals surface area contributed by atoms with Gasteiger partial charge in [0.05, 0.1) is 18.4 Å². The summed E-state index contributed by atoms with van der Waals surface area (Å²) in [5.41, 5.74) is 0.686. The third-order valence-electron chi connectivity index (χ3n) is 3.10. The van der Waals surface area contributed by atoms with Crippen molar-refractivity contribution in [3.8, 4) is 11.5 Å². The smallest absolute Gasteiger partial charge is 0.288 e. The molecule has 0 saturated carbocycles. The molecular weight excluding hydrogens is 338 g/mol. The van der Waals surface area contributed by atoms with Crippen molar-refractivity contribution >= 4 is 17.7 Å². The zero-order chi connectivity index (χ0) is 16.9. The predicted molar refractivity (Wildman–Crippen MR) is 83.7 cm³/mol. The number of rotatable bonds is 6. The maximum absolute atomic E-state index is 12.6. The lowest BCUT2D eigenvalue weighted by molar-refractivity contribution is 0.0947. The van der Waals surface area contributed by atoms with Gasteiger partial charge in [-0.3, -0.25) is 4.79 Å². The van der Waals surface area contributed by atoms with Crippen LogP contribution in [0.15, 0.2) is 62.6 Å². The van der Waals surface area contributed by atoms with E-state index in [4.69, 9.17) is 8.94 Å². The summed E-state index contributed by atoms with van der Waals surface area (Å²) in [7, 11) is 0. The Bertz CT molecular complexity index is 818. The molecule has 0 unspecified atom stereocenters. The standard InChI is InChI=1S/C16H12F2N2O3S/c17-16(18)24-14-6-2-1-4-11(14)15(21)19-9-10-8-13(23-20-10)12-5-3-7-22-12/h1-8,16H,9H2,(H,19,21). The number of alkyl halides is 2. The number of halogens is 2. The second kappa shape index (κ2) is 7.31. The van der Waals surface area contributed by atoms with Crippen LogP contribution in [0.5, 0.6) is 0 Å². The van der Waals surface area contributed by atoms with E-state index in [1.54, 1.807) is 30.3 Å². The number of hydrogen-bond acceptors (Lipinski definition) is 5. The van der Waals surface area contributed by atoms with Gasteiger partial charge in [0.1, 0.15) is 5.69 Å². The summed E-state index contributed by atoms with van der Waals surface area (Å²) in [6.45, 7) is 0.108. The Labute approximate surface area is 140 Å². The first-order valence-corrected chi connectivity index (χ1v) is 7.83. The van der Waals surface area contributed by atoms with Crippen LogP contribution in [0.3, 0.4) is 0 Å². The highest BCUT2D eigenvalue weighted by Gasteiger charge is 2.16. The molecule has 3 aromatic rings. The summed E-state index contributed by atoms with van der Waals surface area (Å²) in [6.07, 6.45) is 1.51. The molecular formula is C16H12F2N2O3S. The van der Waals surface area contributed by atoms with Crippen LogP contribution in [0.2, 0.25) is 0 Å². The Kier molecular flexibility index (Phi) is 4.95. The molecule has 0 aliphatic heterocycles. The molecule has 0 spiro atoms. The molecule has 2 aromatic heterocycles. The van der Waals surface area contributed by atoms with E-state index < -0.39 is 11.7 Å². The Morgan fingerprint density at radius 1 is 1.21 bits per heavy atom. The monoisotopic (exact) mass is 350 g/mol. The molecule has 1 N–H and O–H groups in total. The van der Waals surface area contributed by atoms with Crippen LogP contribution in [0.25, 0.3) is 11.5 Å². The summed E-state index contributed by atoms with van der Waals surface area (Å²) in [6, 6.07) is 11.3. The number of carbonyl (C=O) groups is 1. The lowest BCUT2D eigenvalue weighted by Gasteiger charge is -2.08. The van der Waals surface area contributed by atoms with Crippen molar-refractivity contribution in [1.82, 2.24) is 10.5 Å². The van der Waals surface area contributed by atoms with Crippen LogP contribution in [-0.2, 0) is 6.54 Å². The molecule has 5 nitrogen and oxygen atoms in total. The normalized spacial score (nSPS) is 11.0. The maximum Gasteiger partial charge on any atom is 0.288 e. The molecule has 0 fully saturated rings. The number of nitrogens with one attached hydrogen (secondary N) is 1. The average molecular weight is 350 g/mol. The average Bonchev–Trinajstić information content (AvgIpc) is 3.24. The Morgan fingerprint density at radius 3 is 2.79 bits per heavy atom. The van der Waals surface area contributed by atoms with Crippen molar-refractivity contribution in [3.63, 3.8) is 0 Å². The Morgan fingerprint density at radius 2 is 2.04 bits per heavy atom. The zero-order valence-corrected chi connectivity index (χ0v) is 13.1. The summed E-state index contributed by atoms with van der Waals surface area (Å²) < 4.78 is 35.4. The molecule has 0 aliphatic carbocycles. The molecule has 0 bridgehead atoms. The van der Waals surface area contributed by atoms with E-state index in [9.17, 15) is 13.6 Å². The lowest BCUT2D eigenvalue weighted by Crippen LogP contribution is -2.23. The maximum atomic E-state index is 12.6. The number of thioether (sulfide) groups is 1. The van der Waals surface area contributed by atoms with E-state index in [1.807, 2.05) is 0 Å². The highest BCUT2D eigenvalue weighted by molar-refractivity contribution is 7.99. The largest absolute Gasteiger partial charge is 0.461 e. The van der Waals surface area contributed by atoms with Gasteiger partial charge in [0.2, 0.25) is 5.76 Å². The molecule has 0 atom stereocenters. The minimum atomic E-state index is -2.59. The first kappa shape index (κ1) is 16.3. The fourth-order valence-corrected chi connectivity index (χ4v) is 2.69. The highest BCUT2D eigenvalue weighted by atomic mass is 32.2. The first-order valence-electron chi connectivity index (χ1n) is 6.95. The van der Waals surface area contributed by atoms with Crippen molar-refractivity contribution in [2.75, 3.05) is 0 Å². The summed E-state index contributed by atoms with van der Waals surface area (Å²) >= 11 is 0.337. The topological polar surface area (TPSA) is 68.3 Å². The van der Waals surface area contributed by atoms with E-state index in [2.05, 4.69) is 10.5 Å². The van der Waals surface area contributed by atoms with Gasteiger partial charge in [-0.25, -0.2) is 0 Å². The Balaban J connectivity index is 1.66. The van der Waals surface area contributed by atoms with Crippen molar-refractivity contribution in [1.29, 1.82) is 0 Å². The summed E-state index contributed by atoms with van der Waals surface area (Å²) in [5.74, 6) is -2.08. The fraction of sp³-hybridized carbons (Fsp3) is 0.125. The van der Waals surface area contributed by atoms with Gasteiger partial charge in [0, 0.05) is 11.0 Å². The molecule has 2 heterocycles. The van der Waals surface area contributed by atoms with Crippen LogP contribution in [-0.4, -0.2) is 16.8 Å². The number of hydrogen-bond donors (Lipinski definition) is 1. The fourth-order valence-electron chi connectivity index (χ4n) is 2.05. The molecule has 24 heavy (non-hydrogen) atoms.